The lowest BCUT2D eigenvalue weighted by molar-refractivity contribution is -0.151. The zero-order valence-corrected chi connectivity index (χ0v) is 22.4. The van der Waals surface area contributed by atoms with Gasteiger partial charge in [-0.25, -0.2) is 11.1 Å². The predicted molar refractivity (Wildman–Crippen MR) is 137 cm³/mol. The average molecular weight is 554 g/mol. The summed E-state index contributed by atoms with van der Waals surface area (Å²) in [6.07, 6.45) is -4.50. The van der Waals surface area contributed by atoms with E-state index in [1.807, 2.05) is 0 Å². The first-order valence-corrected chi connectivity index (χ1v) is 13.6. The molecule has 0 spiro atoms. The fourth-order valence-corrected chi connectivity index (χ4v) is 5.49. The van der Waals surface area contributed by atoms with Crippen molar-refractivity contribution < 1.29 is 35.7 Å². The number of carbonyl (C=O) groups excluding carboxylic acids is 1. The molecule has 2 N–H and O–H groups in total. The quantitative estimate of drug-likeness (QED) is 0.196. The van der Waals surface area contributed by atoms with Gasteiger partial charge in [-0.15, -0.1) is 0 Å². The maximum absolute atomic E-state index is 13.9. The summed E-state index contributed by atoms with van der Waals surface area (Å²) in [5.74, 6) is -1.58. The van der Waals surface area contributed by atoms with Crippen LogP contribution in [0.3, 0.4) is 0 Å². The molecule has 0 saturated carbocycles. The lowest BCUT2D eigenvalue weighted by Gasteiger charge is -2.24. The fraction of sp³-hybridized carbons (Fsp3) is 0.500. The Bertz CT molecular complexity index is 1390. The Morgan fingerprint density at radius 2 is 2.05 bits per heavy atom. The van der Waals surface area contributed by atoms with Gasteiger partial charge in [-0.3, -0.25) is 23.7 Å². The Balaban J connectivity index is 1.94. The smallest absolute Gasteiger partial charge is 0.380 e. The molecular formula is C24H30N3O8PS. The molecule has 6 atom stereocenters. The maximum atomic E-state index is 13.9. The van der Waals surface area contributed by atoms with Crippen molar-refractivity contribution >= 4 is 25.8 Å². The number of aliphatic hydroxyl groups is 1. The van der Waals surface area contributed by atoms with Crippen molar-refractivity contribution in [2.75, 3.05) is 12.7 Å². The Morgan fingerprint density at radius 1 is 1.38 bits per heavy atom. The van der Waals surface area contributed by atoms with E-state index in [-0.39, 0.29) is 16.1 Å². The fourth-order valence-electron chi connectivity index (χ4n) is 3.53. The molecule has 2 aromatic rings. The highest BCUT2D eigenvalue weighted by molar-refractivity contribution is 7.71. The number of esters is 1. The Morgan fingerprint density at radius 3 is 2.68 bits per heavy atom. The third kappa shape index (κ3) is 7.15. The second kappa shape index (κ2) is 12.2. The van der Waals surface area contributed by atoms with E-state index < -0.39 is 68.3 Å². The number of para-hydroxylation sites is 1. The van der Waals surface area contributed by atoms with Gasteiger partial charge < -0.3 is 23.9 Å². The second-order valence-corrected chi connectivity index (χ2v) is 11.2. The Labute approximate surface area is 222 Å². The molecule has 1 fully saturated rings. The molecule has 1 aromatic heterocycles. The van der Waals surface area contributed by atoms with Crippen molar-refractivity contribution in [3.63, 3.8) is 0 Å². The number of nitrogens with one attached hydrogen (secondary N) is 1. The molecule has 1 saturated heterocycles. The molecule has 3 rings (SSSR count). The van der Waals surface area contributed by atoms with Crippen molar-refractivity contribution in [1.29, 1.82) is 0 Å². The van der Waals surface area contributed by atoms with Gasteiger partial charge in [0.15, 0.2) is 10.9 Å². The van der Waals surface area contributed by atoms with Gasteiger partial charge in [-0.1, -0.05) is 25.1 Å². The molecule has 2 heterocycles. The van der Waals surface area contributed by atoms with E-state index in [2.05, 4.69) is 9.83 Å². The van der Waals surface area contributed by atoms with Crippen LogP contribution in [0.1, 0.15) is 35.3 Å². The topological polar surface area (TPSA) is 133 Å². The van der Waals surface area contributed by atoms with Crippen LogP contribution in [0.5, 0.6) is 5.75 Å². The minimum Gasteiger partial charge on any atom is -0.463 e. The minimum absolute atomic E-state index is 0.0980. The molecule has 1 aliphatic heterocycles. The third-order valence-corrected chi connectivity index (χ3v) is 7.54. The van der Waals surface area contributed by atoms with E-state index in [0.29, 0.717) is 0 Å². The van der Waals surface area contributed by atoms with Gasteiger partial charge in [-0.05, 0) is 45.1 Å². The van der Waals surface area contributed by atoms with Gasteiger partial charge >= 0.3 is 13.6 Å². The zero-order chi connectivity index (χ0) is 29.1. The van der Waals surface area contributed by atoms with E-state index in [1.54, 1.807) is 32.0 Å². The number of aromatic nitrogens is 2. The molecule has 1 aliphatic rings. The normalized spacial score (nSPS) is 24.9. The number of hydrogen-bond acceptors (Lipinski definition) is 9. The molecule has 0 radical (unpaired) electrons. The molecule has 200 valence electrons. The maximum Gasteiger partial charge on any atom is 0.380 e. The van der Waals surface area contributed by atoms with E-state index in [1.165, 1.54) is 36.7 Å². The zero-order valence-electron chi connectivity index (χ0n) is 22.7. The molecule has 37 heavy (non-hydrogen) atoms. The number of aromatic amines is 1. The van der Waals surface area contributed by atoms with Crippen LogP contribution < -0.4 is 10.1 Å². The van der Waals surface area contributed by atoms with Crippen molar-refractivity contribution in [2.24, 2.45) is 5.92 Å². The number of hydrogen-bond donors (Lipinski definition) is 2. The van der Waals surface area contributed by atoms with Gasteiger partial charge in [0, 0.05) is 11.8 Å². The molecule has 11 nitrogen and oxygen atoms in total. The molecule has 13 heteroatoms. The second-order valence-electron chi connectivity index (χ2n) is 8.83. The summed E-state index contributed by atoms with van der Waals surface area (Å²) in [6.45, 7) is 10.8. The summed E-state index contributed by atoms with van der Waals surface area (Å²) in [5.41, 5.74) is -0.204. The number of carbonyl (C=O) groups is 1. The van der Waals surface area contributed by atoms with Gasteiger partial charge in [-0.2, -0.15) is 0 Å². The highest BCUT2D eigenvalue weighted by Gasteiger charge is 2.51. The number of ether oxygens (including phenoxy) is 2. The first-order valence-electron chi connectivity index (χ1n) is 12.4. The number of aliphatic hydroxyl groups excluding tert-OH is 1. The minimum atomic E-state index is -4.46. The molecule has 1 aromatic carbocycles. The van der Waals surface area contributed by atoms with Crippen molar-refractivity contribution in [2.45, 2.75) is 58.3 Å². The summed E-state index contributed by atoms with van der Waals surface area (Å²) in [6, 6.07) is 6.52. The van der Waals surface area contributed by atoms with Gasteiger partial charge in [0.05, 0.1) is 27.5 Å². The van der Waals surface area contributed by atoms with Crippen LogP contribution in [0.25, 0.3) is 4.85 Å². The molecule has 0 bridgehead atoms. The number of H-pyrrole nitrogens is 1. The van der Waals surface area contributed by atoms with Crippen LogP contribution in [-0.4, -0.2) is 57.7 Å². The van der Waals surface area contributed by atoms with Crippen molar-refractivity contribution in [3.8, 4) is 5.75 Å². The monoisotopic (exact) mass is 553 g/mol. The average Bonchev–Trinajstić information content (AvgIpc) is 3.17. The Kier molecular flexibility index (Phi) is 8.48. The van der Waals surface area contributed by atoms with Crippen molar-refractivity contribution in [3.05, 3.63) is 68.6 Å². The van der Waals surface area contributed by atoms with Crippen molar-refractivity contribution in [1.82, 2.24) is 9.55 Å². The summed E-state index contributed by atoms with van der Waals surface area (Å²) in [5, 5.41) is 10.9. The van der Waals surface area contributed by atoms with E-state index in [4.69, 9.17) is 40.1 Å². The molecule has 0 amide bonds. The lowest BCUT2D eigenvalue weighted by atomic mass is 10.1. The van der Waals surface area contributed by atoms with Crippen LogP contribution in [0, 0.1) is 24.2 Å². The predicted octanol–water partition coefficient (Wildman–Crippen LogP) is 3.64. The number of aryl methyl sites for hydroxylation is 1. The first-order chi connectivity index (χ1) is 18.2. The van der Waals surface area contributed by atoms with Crippen LogP contribution in [0.4, 0.5) is 0 Å². The van der Waals surface area contributed by atoms with Gasteiger partial charge in [0.1, 0.15) is 11.9 Å². The van der Waals surface area contributed by atoms with Gasteiger partial charge in [0.25, 0.3) is 11.6 Å². The summed E-state index contributed by atoms with van der Waals surface area (Å²) < 4.78 is 54.2. The molecular weight excluding hydrogens is 521 g/mol. The van der Waals surface area contributed by atoms with E-state index in [9.17, 15) is 19.3 Å². The van der Waals surface area contributed by atoms with Crippen LogP contribution in [-0.2, 0) is 23.4 Å². The van der Waals surface area contributed by atoms with Gasteiger partial charge in [0.2, 0.25) is 6.23 Å². The largest absolute Gasteiger partial charge is 0.463 e. The van der Waals surface area contributed by atoms with Crippen LogP contribution in [0.15, 0.2) is 41.3 Å². The molecule has 1 unspecified atom stereocenters. The highest BCUT2D eigenvalue weighted by Crippen LogP contribution is 2.50. The summed E-state index contributed by atoms with van der Waals surface area (Å²) in [7, 11) is -4.46. The lowest BCUT2D eigenvalue weighted by Crippen LogP contribution is -2.32. The number of nitrogens with zero attached hydrogens (tertiary/aromatic N) is 2. The standard InChI is InChI=1S/C24H30N3O8PS/c1-14(2)33-23(30)16(4)13-36(31,35-17-9-7-6-8-10-17)32-12-18-20(28)19(25-5)22(34-18)27-11-15(3)21(29)26-24(27)37/h6-11,14,16,18-20,22,28H,12-13H2,1-4H3,(H,26,29,37)/t16-,18+,19-,20?,22+,36+/m1/s1/i12D2. The Hall–Kier alpha value is -2.81. The number of rotatable bonds is 10. The van der Waals surface area contributed by atoms with E-state index >= 15 is 0 Å². The van der Waals surface area contributed by atoms with E-state index in [0.717, 1.165) is 0 Å². The molecule has 0 aliphatic carbocycles. The third-order valence-electron chi connectivity index (χ3n) is 5.35. The van der Waals surface area contributed by atoms with Crippen LogP contribution in [0.2, 0.25) is 0 Å². The van der Waals surface area contributed by atoms with Crippen LogP contribution >= 0.6 is 19.8 Å². The SMILES string of the molecule is [2H]C([2H])(O[P@@](=O)(C[C@@H](C)C(=O)OC(C)C)Oc1ccccc1)[C@@H]1O[C@H](n2cc(C)c(=O)[nH]c2=S)[C@H]([N+]#[C-])C1O. The summed E-state index contributed by atoms with van der Waals surface area (Å²) >= 11 is 5.18. The highest BCUT2D eigenvalue weighted by atomic mass is 32.1. The first kappa shape index (κ1) is 25.8. The number of benzene rings is 1. The summed E-state index contributed by atoms with van der Waals surface area (Å²) in [4.78, 5) is 30.2.